The van der Waals surface area contributed by atoms with Gasteiger partial charge in [0.25, 0.3) is 10.0 Å². The highest BCUT2D eigenvalue weighted by molar-refractivity contribution is 7.91. The summed E-state index contributed by atoms with van der Waals surface area (Å²) in [6.45, 7) is 0.854. The quantitative estimate of drug-likeness (QED) is 0.788. The zero-order valence-electron chi connectivity index (χ0n) is 12.2. The van der Waals surface area contributed by atoms with Crippen LogP contribution in [-0.4, -0.2) is 32.2 Å². The largest absolute Gasteiger partial charge is 0.351 e. The zero-order chi connectivity index (χ0) is 16.0. The van der Waals surface area contributed by atoms with Gasteiger partial charge in [-0.05, 0) is 29.3 Å². The lowest BCUT2D eigenvalue weighted by Crippen LogP contribution is -2.29. The molecule has 0 spiro atoms. The molecule has 0 bridgehead atoms. The molecule has 2 rings (SSSR count). The Hall–Kier alpha value is -1.22. The maximum atomic E-state index is 12.2. The fourth-order valence-electron chi connectivity index (χ4n) is 1.83. The molecule has 0 fully saturated rings. The predicted molar refractivity (Wildman–Crippen MR) is 89.5 cm³/mol. The number of rotatable bonds is 8. The summed E-state index contributed by atoms with van der Waals surface area (Å²) in [5.74, 6) is -0.0599. The summed E-state index contributed by atoms with van der Waals surface area (Å²) in [4.78, 5) is 12.8. The van der Waals surface area contributed by atoms with Crippen LogP contribution in [0.15, 0.2) is 39.2 Å². The SMILES string of the molecule is CN(CCCC(=O)NCc1cccs1)S(=O)(=O)c1cccs1. The molecule has 5 nitrogen and oxygen atoms in total. The molecule has 0 radical (unpaired) electrons. The highest BCUT2D eigenvalue weighted by Crippen LogP contribution is 2.19. The first-order chi connectivity index (χ1) is 10.5. The van der Waals surface area contributed by atoms with Crippen LogP contribution in [0.1, 0.15) is 17.7 Å². The summed E-state index contributed by atoms with van der Waals surface area (Å²) in [5, 5.41) is 6.53. The second-order valence-electron chi connectivity index (χ2n) is 4.72. The molecule has 22 heavy (non-hydrogen) atoms. The average molecular weight is 359 g/mol. The Morgan fingerprint density at radius 2 is 1.95 bits per heavy atom. The zero-order valence-corrected chi connectivity index (χ0v) is 14.6. The number of thiophene rings is 2. The van der Waals surface area contributed by atoms with Crippen LogP contribution >= 0.6 is 22.7 Å². The van der Waals surface area contributed by atoms with E-state index in [1.165, 1.54) is 15.6 Å². The summed E-state index contributed by atoms with van der Waals surface area (Å²) in [5.41, 5.74) is 0. The van der Waals surface area contributed by atoms with Crippen molar-refractivity contribution in [1.82, 2.24) is 9.62 Å². The van der Waals surface area contributed by atoms with Gasteiger partial charge in [-0.3, -0.25) is 4.79 Å². The number of nitrogens with zero attached hydrogens (tertiary/aromatic N) is 1. The van der Waals surface area contributed by atoms with Gasteiger partial charge in [0.1, 0.15) is 4.21 Å². The third-order valence-corrected chi connectivity index (χ3v) is 7.18. The molecule has 0 aromatic carbocycles. The summed E-state index contributed by atoms with van der Waals surface area (Å²) >= 11 is 2.79. The van der Waals surface area contributed by atoms with Crippen LogP contribution in [-0.2, 0) is 21.4 Å². The molecule has 0 saturated carbocycles. The molecule has 0 aliphatic carbocycles. The van der Waals surface area contributed by atoms with Crippen molar-refractivity contribution in [3.05, 3.63) is 39.9 Å². The fourth-order valence-corrected chi connectivity index (χ4v) is 4.89. The van der Waals surface area contributed by atoms with Crippen molar-refractivity contribution < 1.29 is 13.2 Å². The minimum atomic E-state index is -3.42. The van der Waals surface area contributed by atoms with Gasteiger partial charge in [0.05, 0.1) is 6.54 Å². The van der Waals surface area contributed by atoms with E-state index in [0.29, 0.717) is 30.1 Å². The molecule has 8 heteroatoms. The summed E-state index contributed by atoms with van der Waals surface area (Å²) in [6.07, 6.45) is 0.813. The Kier molecular flexibility index (Phi) is 6.13. The first-order valence-electron chi connectivity index (χ1n) is 6.79. The Balaban J connectivity index is 1.72. The standard InChI is InChI=1S/C14H18N2O3S3/c1-16(22(18,19)14-7-4-10-21-14)8-2-6-13(17)15-11-12-5-3-9-20-12/h3-5,7,9-10H,2,6,8,11H2,1H3,(H,15,17). The van der Waals surface area contributed by atoms with Gasteiger partial charge in [0.2, 0.25) is 5.91 Å². The van der Waals surface area contributed by atoms with E-state index in [0.717, 1.165) is 4.88 Å². The van der Waals surface area contributed by atoms with Gasteiger partial charge >= 0.3 is 0 Å². The third kappa shape index (κ3) is 4.64. The van der Waals surface area contributed by atoms with Gasteiger partial charge in [0, 0.05) is 24.9 Å². The molecular formula is C14H18N2O3S3. The fraction of sp³-hybridized carbons (Fsp3) is 0.357. The number of hydrogen-bond acceptors (Lipinski definition) is 5. The maximum Gasteiger partial charge on any atom is 0.252 e. The highest BCUT2D eigenvalue weighted by Gasteiger charge is 2.21. The maximum absolute atomic E-state index is 12.2. The van der Waals surface area contributed by atoms with E-state index >= 15 is 0 Å². The number of hydrogen-bond donors (Lipinski definition) is 1. The lowest BCUT2D eigenvalue weighted by Gasteiger charge is -2.15. The van der Waals surface area contributed by atoms with Crippen molar-refractivity contribution in [2.45, 2.75) is 23.6 Å². The normalized spacial score (nSPS) is 11.7. The van der Waals surface area contributed by atoms with Crippen LogP contribution < -0.4 is 5.32 Å². The molecule has 0 atom stereocenters. The number of nitrogens with one attached hydrogen (secondary N) is 1. The smallest absolute Gasteiger partial charge is 0.252 e. The van der Waals surface area contributed by atoms with E-state index in [2.05, 4.69) is 5.32 Å². The van der Waals surface area contributed by atoms with Crippen LogP contribution in [0.4, 0.5) is 0 Å². The van der Waals surface area contributed by atoms with Crippen molar-refractivity contribution in [2.24, 2.45) is 0 Å². The Labute approximate surface area is 138 Å². The molecule has 0 aliphatic heterocycles. The van der Waals surface area contributed by atoms with Crippen LogP contribution in [0.3, 0.4) is 0 Å². The predicted octanol–water partition coefficient (Wildman–Crippen LogP) is 2.53. The molecule has 2 aromatic rings. The highest BCUT2D eigenvalue weighted by atomic mass is 32.2. The first-order valence-corrected chi connectivity index (χ1v) is 9.99. The molecule has 0 aliphatic rings. The Morgan fingerprint density at radius 1 is 1.23 bits per heavy atom. The lowest BCUT2D eigenvalue weighted by molar-refractivity contribution is -0.121. The lowest BCUT2D eigenvalue weighted by atomic mass is 10.3. The van der Waals surface area contributed by atoms with Crippen molar-refractivity contribution in [3.63, 3.8) is 0 Å². The molecule has 0 saturated heterocycles. The van der Waals surface area contributed by atoms with Gasteiger partial charge < -0.3 is 5.32 Å². The summed E-state index contributed by atoms with van der Waals surface area (Å²) in [7, 11) is -1.88. The van der Waals surface area contributed by atoms with Crippen molar-refractivity contribution in [2.75, 3.05) is 13.6 Å². The summed E-state index contributed by atoms with van der Waals surface area (Å²) < 4.78 is 26.0. The molecule has 2 aromatic heterocycles. The number of sulfonamides is 1. The van der Waals surface area contributed by atoms with Gasteiger partial charge in [-0.1, -0.05) is 12.1 Å². The van der Waals surface area contributed by atoms with E-state index in [1.807, 2.05) is 17.5 Å². The van der Waals surface area contributed by atoms with E-state index in [1.54, 1.807) is 35.9 Å². The van der Waals surface area contributed by atoms with Crippen molar-refractivity contribution in [3.8, 4) is 0 Å². The van der Waals surface area contributed by atoms with Gasteiger partial charge in [-0.2, -0.15) is 0 Å². The first kappa shape index (κ1) is 17.1. The number of amides is 1. The number of carbonyl (C=O) groups excluding carboxylic acids is 1. The number of carbonyl (C=O) groups is 1. The Bertz CT molecular complexity index is 679. The van der Waals surface area contributed by atoms with Crippen molar-refractivity contribution in [1.29, 1.82) is 0 Å². The van der Waals surface area contributed by atoms with Crippen LogP contribution in [0, 0.1) is 0 Å². The Morgan fingerprint density at radius 3 is 2.59 bits per heavy atom. The monoisotopic (exact) mass is 358 g/mol. The van der Waals surface area contributed by atoms with Crippen molar-refractivity contribution >= 4 is 38.6 Å². The molecule has 1 N–H and O–H groups in total. The minimum absolute atomic E-state index is 0.0599. The van der Waals surface area contributed by atoms with Gasteiger partial charge in [-0.25, -0.2) is 12.7 Å². The van der Waals surface area contributed by atoms with E-state index < -0.39 is 10.0 Å². The van der Waals surface area contributed by atoms with E-state index in [-0.39, 0.29) is 5.91 Å². The third-order valence-electron chi connectivity index (χ3n) is 3.08. The van der Waals surface area contributed by atoms with Gasteiger partial charge in [0.15, 0.2) is 0 Å². The van der Waals surface area contributed by atoms with Crippen LogP contribution in [0.25, 0.3) is 0 Å². The second kappa shape index (κ2) is 7.87. The van der Waals surface area contributed by atoms with Gasteiger partial charge in [-0.15, -0.1) is 22.7 Å². The average Bonchev–Trinajstić information content (AvgIpc) is 3.18. The topological polar surface area (TPSA) is 66.5 Å². The van der Waals surface area contributed by atoms with Crippen LogP contribution in [0.5, 0.6) is 0 Å². The second-order valence-corrected chi connectivity index (χ2v) is 8.97. The van der Waals surface area contributed by atoms with E-state index in [9.17, 15) is 13.2 Å². The molecular weight excluding hydrogens is 340 g/mol. The molecule has 120 valence electrons. The molecule has 1 amide bonds. The van der Waals surface area contributed by atoms with Crippen LogP contribution in [0.2, 0.25) is 0 Å². The minimum Gasteiger partial charge on any atom is -0.351 e. The summed E-state index contributed by atoms with van der Waals surface area (Å²) in [6, 6.07) is 7.20. The molecule has 2 heterocycles. The molecule has 0 unspecified atom stereocenters. The van der Waals surface area contributed by atoms with E-state index in [4.69, 9.17) is 0 Å².